The molecule has 4 rings (SSSR count). The van der Waals surface area contributed by atoms with Gasteiger partial charge in [0.2, 0.25) is 0 Å². The van der Waals surface area contributed by atoms with Gasteiger partial charge in [-0.2, -0.15) is 5.10 Å². The van der Waals surface area contributed by atoms with Gasteiger partial charge in [0, 0.05) is 25.5 Å². The fourth-order valence-corrected chi connectivity index (χ4v) is 3.34. The number of halogens is 2. The van der Waals surface area contributed by atoms with Crippen LogP contribution in [0.5, 0.6) is 0 Å². The number of fused-ring (bicyclic) bond motifs is 3. The van der Waals surface area contributed by atoms with Gasteiger partial charge < -0.3 is 9.88 Å². The maximum absolute atomic E-state index is 13.8. The van der Waals surface area contributed by atoms with Crippen LogP contribution in [0.3, 0.4) is 0 Å². The van der Waals surface area contributed by atoms with Crippen molar-refractivity contribution in [2.45, 2.75) is 6.54 Å². The van der Waals surface area contributed by atoms with Crippen molar-refractivity contribution < 1.29 is 13.6 Å². The average Bonchev–Trinajstić information content (AvgIpc) is 3.06. The summed E-state index contributed by atoms with van der Waals surface area (Å²) >= 11 is 0. The Hall–Kier alpha value is -3.55. The fraction of sp³-hybridized carbons (Fsp3) is 0.150. The van der Waals surface area contributed by atoms with Gasteiger partial charge in [-0.3, -0.25) is 14.3 Å². The molecule has 0 atom stereocenters. The van der Waals surface area contributed by atoms with Crippen LogP contribution in [0.4, 0.5) is 8.78 Å². The number of aryl methyl sites for hydroxylation is 1. The topological polar surface area (TPSA) is 68.9 Å². The van der Waals surface area contributed by atoms with E-state index in [0.29, 0.717) is 21.8 Å². The van der Waals surface area contributed by atoms with Gasteiger partial charge in [0.1, 0.15) is 11.6 Å². The summed E-state index contributed by atoms with van der Waals surface area (Å²) in [6, 6.07) is 9.84. The van der Waals surface area contributed by atoms with E-state index in [-0.39, 0.29) is 24.2 Å². The molecule has 142 valence electrons. The van der Waals surface area contributed by atoms with Crippen LogP contribution in [0.1, 0.15) is 10.4 Å². The minimum atomic E-state index is -0.624. The molecule has 0 radical (unpaired) electrons. The Kier molecular flexibility index (Phi) is 4.38. The van der Waals surface area contributed by atoms with Crippen molar-refractivity contribution in [3.05, 3.63) is 76.2 Å². The molecule has 0 fully saturated rings. The molecule has 8 heteroatoms. The molecule has 1 N–H and O–H groups in total. The van der Waals surface area contributed by atoms with Crippen LogP contribution >= 0.6 is 0 Å². The van der Waals surface area contributed by atoms with Crippen molar-refractivity contribution in [3.8, 4) is 0 Å². The van der Waals surface area contributed by atoms with Crippen LogP contribution in [-0.2, 0) is 13.6 Å². The SMILES string of the molecule is Cn1ncc2c(=O)n(CCNC(=O)c3ccccc3F)c3cc(F)ccc3c21. The van der Waals surface area contributed by atoms with Crippen molar-refractivity contribution in [1.82, 2.24) is 19.7 Å². The monoisotopic (exact) mass is 382 g/mol. The molecular weight excluding hydrogens is 366 g/mol. The minimum Gasteiger partial charge on any atom is -0.350 e. The molecule has 4 aromatic rings. The predicted octanol–water partition coefficient (Wildman–Crippen LogP) is 2.60. The van der Waals surface area contributed by atoms with Gasteiger partial charge in [0.05, 0.1) is 28.2 Å². The first-order valence-electron chi connectivity index (χ1n) is 8.64. The summed E-state index contributed by atoms with van der Waals surface area (Å²) in [5, 5.41) is 7.80. The Morgan fingerprint density at radius 1 is 1.14 bits per heavy atom. The molecule has 0 aliphatic carbocycles. The second kappa shape index (κ2) is 6.88. The smallest absolute Gasteiger partial charge is 0.262 e. The van der Waals surface area contributed by atoms with E-state index in [1.54, 1.807) is 23.9 Å². The molecule has 2 aromatic heterocycles. The standard InChI is InChI=1S/C20H16F2N4O2/c1-25-18-14-7-6-12(21)10-17(14)26(20(28)15(18)11-24-25)9-8-23-19(27)13-4-2-3-5-16(13)22/h2-7,10-11H,8-9H2,1H3,(H,23,27). The van der Waals surface area contributed by atoms with Gasteiger partial charge >= 0.3 is 0 Å². The van der Waals surface area contributed by atoms with Crippen molar-refractivity contribution in [2.24, 2.45) is 7.05 Å². The summed E-state index contributed by atoms with van der Waals surface area (Å²) in [6.07, 6.45) is 1.47. The number of carbonyl (C=O) groups excluding carboxylic acids is 1. The lowest BCUT2D eigenvalue weighted by molar-refractivity contribution is 0.0948. The highest BCUT2D eigenvalue weighted by molar-refractivity contribution is 6.03. The van der Waals surface area contributed by atoms with E-state index < -0.39 is 17.5 Å². The van der Waals surface area contributed by atoms with Crippen LogP contribution < -0.4 is 10.9 Å². The minimum absolute atomic E-state index is 0.0739. The van der Waals surface area contributed by atoms with Crippen molar-refractivity contribution in [3.63, 3.8) is 0 Å². The van der Waals surface area contributed by atoms with Gasteiger partial charge in [-0.25, -0.2) is 8.78 Å². The van der Waals surface area contributed by atoms with Gasteiger partial charge in [-0.05, 0) is 30.3 Å². The zero-order valence-corrected chi connectivity index (χ0v) is 14.9. The highest BCUT2D eigenvalue weighted by Crippen LogP contribution is 2.23. The maximum atomic E-state index is 13.8. The number of benzene rings is 2. The number of nitrogens with one attached hydrogen (secondary N) is 1. The number of rotatable bonds is 4. The van der Waals surface area contributed by atoms with Crippen LogP contribution in [0.25, 0.3) is 21.8 Å². The highest BCUT2D eigenvalue weighted by Gasteiger charge is 2.15. The zero-order valence-electron chi connectivity index (χ0n) is 14.9. The lowest BCUT2D eigenvalue weighted by Crippen LogP contribution is -2.31. The van der Waals surface area contributed by atoms with Gasteiger partial charge in [-0.15, -0.1) is 0 Å². The summed E-state index contributed by atoms with van der Waals surface area (Å²) in [5.74, 6) is -1.68. The van der Waals surface area contributed by atoms with E-state index in [4.69, 9.17) is 0 Å². The first kappa shape index (κ1) is 17.8. The Labute approximate surface area is 158 Å². The third-order valence-corrected chi connectivity index (χ3v) is 4.66. The van der Waals surface area contributed by atoms with Crippen LogP contribution in [0.15, 0.2) is 53.5 Å². The number of carbonyl (C=O) groups is 1. The van der Waals surface area contributed by atoms with Crippen molar-refractivity contribution >= 4 is 27.7 Å². The second-order valence-electron chi connectivity index (χ2n) is 6.38. The normalized spacial score (nSPS) is 11.2. The Morgan fingerprint density at radius 2 is 1.93 bits per heavy atom. The number of nitrogens with zero attached hydrogens (tertiary/aromatic N) is 3. The van der Waals surface area contributed by atoms with Crippen LogP contribution in [0.2, 0.25) is 0 Å². The van der Waals surface area contributed by atoms with E-state index in [9.17, 15) is 18.4 Å². The number of pyridine rings is 1. The summed E-state index contributed by atoms with van der Waals surface area (Å²) in [5.41, 5.74) is 0.614. The number of hydrogen-bond donors (Lipinski definition) is 1. The number of hydrogen-bond acceptors (Lipinski definition) is 3. The molecule has 0 saturated carbocycles. The van der Waals surface area contributed by atoms with E-state index in [1.165, 1.54) is 41.1 Å². The van der Waals surface area contributed by atoms with Crippen LogP contribution in [-0.4, -0.2) is 26.8 Å². The van der Waals surface area contributed by atoms with Gasteiger partial charge in [0.15, 0.2) is 0 Å². The molecule has 0 unspecified atom stereocenters. The molecule has 0 bridgehead atoms. The molecule has 0 saturated heterocycles. The zero-order chi connectivity index (χ0) is 19.8. The largest absolute Gasteiger partial charge is 0.350 e. The van der Waals surface area contributed by atoms with Crippen molar-refractivity contribution in [2.75, 3.05) is 6.54 Å². The fourth-order valence-electron chi connectivity index (χ4n) is 3.34. The van der Waals surface area contributed by atoms with E-state index in [2.05, 4.69) is 10.4 Å². The molecule has 2 heterocycles. The molecule has 0 aliphatic heterocycles. The Morgan fingerprint density at radius 3 is 2.71 bits per heavy atom. The molecule has 1 amide bonds. The van der Waals surface area contributed by atoms with E-state index in [1.807, 2.05) is 0 Å². The summed E-state index contributed by atoms with van der Waals surface area (Å²) in [4.78, 5) is 25.0. The average molecular weight is 382 g/mol. The Balaban J connectivity index is 1.69. The third kappa shape index (κ3) is 2.92. The first-order chi connectivity index (χ1) is 13.5. The number of amides is 1. The molecule has 6 nitrogen and oxygen atoms in total. The maximum Gasteiger partial charge on any atom is 0.262 e. The summed E-state index contributed by atoms with van der Waals surface area (Å²) in [6.45, 7) is 0.175. The predicted molar refractivity (Wildman–Crippen MR) is 101 cm³/mol. The molecule has 0 aliphatic rings. The lowest BCUT2D eigenvalue weighted by atomic mass is 10.1. The Bertz CT molecular complexity index is 1280. The summed E-state index contributed by atoms with van der Waals surface area (Å²) < 4.78 is 30.5. The molecular formula is C20H16F2N4O2. The first-order valence-corrected chi connectivity index (χ1v) is 8.64. The quantitative estimate of drug-likeness (QED) is 0.590. The van der Waals surface area contributed by atoms with Crippen molar-refractivity contribution in [1.29, 1.82) is 0 Å². The molecule has 0 spiro atoms. The highest BCUT2D eigenvalue weighted by atomic mass is 19.1. The van der Waals surface area contributed by atoms with Gasteiger partial charge in [0.25, 0.3) is 11.5 Å². The van der Waals surface area contributed by atoms with Crippen LogP contribution in [0, 0.1) is 11.6 Å². The van der Waals surface area contributed by atoms with E-state index >= 15 is 0 Å². The molecule has 28 heavy (non-hydrogen) atoms. The number of aromatic nitrogens is 3. The summed E-state index contributed by atoms with van der Waals surface area (Å²) in [7, 11) is 1.71. The van der Waals surface area contributed by atoms with Gasteiger partial charge in [-0.1, -0.05) is 12.1 Å². The van der Waals surface area contributed by atoms with E-state index in [0.717, 1.165) is 0 Å². The molecule has 2 aromatic carbocycles. The second-order valence-corrected chi connectivity index (χ2v) is 6.38. The third-order valence-electron chi connectivity index (χ3n) is 4.66. The lowest BCUT2D eigenvalue weighted by Gasteiger charge is -2.13.